The fourth-order valence-corrected chi connectivity index (χ4v) is 3.53. The average Bonchev–Trinajstić information content (AvgIpc) is 3.01. The monoisotopic (exact) mass is 422 g/mol. The van der Waals surface area contributed by atoms with E-state index in [1.54, 1.807) is 29.2 Å². The summed E-state index contributed by atoms with van der Waals surface area (Å²) in [4.78, 5) is 29.3. The van der Waals surface area contributed by atoms with Gasteiger partial charge in [-0.15, -0.1) is 0 Å². The Kier molecular flexibility index (Phi) is 7.13. The van der Waals surface area contributed by atoms with Crippen molar-refractivity contribution in [2.45, 2.75) is 19.9 Å². The maximum Gasteiger partial charge on any atom is 0.295 e. The Balaban J connectivity index is 2.00. The number of likely N-dealkylation sites (N-methyl/N-ethyl adjacent to an activating group) is 1. The molecule has 164 valence electrons. The van der Waals surface area contributed by atoms with Gasteiger partial charge in [0.25, 0.3) is 11.7 Å². The van der Waals surface area contributed by atoms with Gasteiger partial charge in [0, 0.05) is 18.7 Å². The Hall–Kier alpha value is -3.12. The van der Waals surface area contributed by atoms with Crippen LogP contribution in [-0.2, 0) is 9.59 Å². The molecule has 3 rings (SSSR count). The van der Waals surface area contributed by atoms with Crippen molar-refractivity contribution in [3.63, 3.8) is 0 Å². The molecular formula is C25H30N2O4. The van der Waals surface area contributed by atoms with Gasteiger partial charge in [-0.25, -0.2) is 0 Å². The van der Waals surface area contributed by atoms with Crippen LogP contribution in [0.5, 0.6) is 5.75 Å². The zero-order chi connectivity index (χ0) is 22.5. The molecule has 1 fully saturated rings. The summed E-state index contributed by atoms with van der Waals surface area (Å²) in [6, 6.07) is 15.7. The van der Waals surface area contributed by atoms with Gasteiger partial charge in [-0.3, -0.25) is 9.59 Å². The molecule has 6 nitrogen and oxygen atoms in total. The van der Waals surface area contributed by atoms with Crippen molar-refractivity contribution in [2.24, 2.45) is 5.92 Å². The third-order valence-electron chi connectivity index (χ3n) is 5.15. The molecule has 0 saturated carbocycles. The van der Waals surface area contributed by atoms with E-state index in [2.05, 4.69) is 13.8 Å². The summed E-state index contributed by atoms with van der Waals surface area (Å²) in [6.45, 7) is 5.72. The van der Waals surface area contributed by atoms with E-state index in [4.69, 9.17) is 4.74 Å². The van der Waals surface area contributed by atoms with E-state index >= 15 is 0 Å². The van der Waals surface area contributed by atoms with Crippen LogP contribution in [0.1, 0.15) is 31.0 Å². The molecule has 1 aliphatic rings. The molecular weight excluding hydrogens is 392 g/mol. The van der Waals surface area contributed by atoms with Crippen LogP contribution in [0.4, 0.5) is 0 Å². The quantitative estimate of drug-likeness (QED) is 0.399. The number of hydrogen-bond donors (Lipinski definition) is 1. The number of amides is 1. The number of carbonyl (C=O) groups is 2. The highest BCUT2D eigenvalue weighted by atomic mass is 16.5. The molecule has 1 amide bonds. The van der Waals surface area contributed by atoms with E-state index in [1.807, 2.05) is 49.3 Å². The van der Waals surface area contributed by atoms with Crippen LogP contribution in [0, 0.1) is 5.92 Å². The van der Waals surface area contributed by atoms with Gasteiger partial charge in [0.15, 0.2) is 0 Å². The molecule has 2 aromatic carbocycles. The minimum atomic E-state index is -0.662. The lowest BCUT2D eigenvalue weighted by molar-refractivity contribution is -0.140. The van der Waals surface area contributed by atoms with E-state index < -0.39 is 17.7 Å². The molecule has 2 aromatic rings. The average molecular weight is 423 g/mol. The molecule has 0 spiro atoms. The lowest BCUT2D eigenvalue weighted by Gasteiger charge is -2.26. The summed E-state index contributed by atoms with van der Waals surface area (Å²) >= 11 is 0. The van der Waals surface area contributed by atoms with Gasteiger partial charge in [-0.2, -0.15) is 0 Å². The first-order valence-corrected chi connectivity index (χ1v) is 10.5. The van der Waals surface area contributed by atoms with E-state index in [1.165, 1.54) is 0 Å². The third-order valence-corrected chi connectivity index (χ3v) is 5.15. The van der Waals surface area contributed by atoms with Crippen molar-refractivity contribution in [3.05, 3.63) is 71.3 Å². The van der Waals surface area contributed by atoms with E-state index in [0.29, 0.717) is 36.9 Å². The number of benzene rings is 2. The van der Waals surface area contributed by atoms with Crippen molar-refractivity contribution in [1.82, 2.24) is 9.80 Å². The second-order valence-corrected chi connectivity index (χ2v) is 8.44. The van der Waals surface area contributed by atoms with Crippen LogP contribution >= 0.6 is 0 Å². The first-order valence-electron chi connectivity index (χ1n) is 10.5. The lowest BCUT2D eigenvalue weighted by atomic mass is 9.95. The highest BCUT2D eigenvalue weighted by molar-refractivity contribution is 6.46. The Bertz CT molecular complexity index is 949. The molecule has 1 aliphatic heterocycles. The van der Waals surface area contributed by atoms with Crippen LogP contribution in [0.15, 0.2) is 60.2 Å². The second-order valence-electron chi connectivity index (χ2n) is 8.44. The minimum Gasteiger partial charge on any atom is -0.507 e. The maximum absolute atomic E-state index is 13.0. The van der Waals surface area contributed by atoms with Gasteiger partial charge in [-0.05, 0) is 49.8 Å². The summed E-state index contributed by atoms with van der Waals surface area (Å²) < 4.78 is 5.70. The number of likely N-dealkylation sites (tertiary alicyclic amines) is 1. The first-order chi connectivity index (χ1) is 14.8. The van der Waals surface area contributed by atoms with Crippen molar-refractivity contribution in [3.8, 4) is 5.75 Å². The number of carbonyl (C=O) groups excluding carboxylic acids is 2. The van der Waals surface area contributed by atoms with Gasteiger partial charge in [0.2, 0.25) is 0 Å². The molecule has 1 N–H and O–H groups in total. The van der Waals surface area contributed by atoms with Crippen molar-refractivity contribution < 1.29 is 19.4 Å². The summed E-state index contributed by atoms with van der Waals surface area (Å²) in [7, 11) is 3.83. The van der Waals surface area contributed by atoms with Gasteiger partial charge in [-0.1, -0.05) is 44.2 Å². The number of ether oxygens (including phenoxy) is 1. The lowest BCUT2D eigenvalue weighted by Crippen LogP contribution is -2.35. The molecule has 1 saturated heterocycles. The first kappa shape index (κ1) is 22.6. The zero-order valence-electron chi connectivity index (χ0n) is 18.5. The Labute approximate surface area is 183 Å². The number of aliphatic hydroxyl groups excluding tert-OH is 1. The molecule has 1 heterocycles. The molecule has 0 aliphatic carbocycles. The van der Waals surface area contributed by atoms with Gasteiger partial charge in [0.05, 0.1) is 18.2 Å². The van der Waals surface area contributed by atoms with Crippen LogP contribution in [0.25, 0.3) is 5.76 Å². The van der Waals surface area contributed by atoms with Gasteiger partial charge >= 0.3 is 0 Å². The number of hydrogen-bond acceptors (Lipinski definition) is 5. The number of Topliss-reactive ketones (excluding diaryl/α,β-unsaturated/α-hetero) is 1. The summed E-state index contributed by atoms with van der Waals surface area (Å²) in [5, 5.41) is 11.1. The SMILES string of the molecule is CC(C)COc1ccc(C(O)=C2C(=O)C(=O)N(CCN(C)C)C2c2ccccc2)cc1. The highest BCUT2D eigenvalue weighted by Gasteiger charge is 2.45. The van der Waals surface area contributed by atoms with E-state index in [9.17, 15) is 14.7 Å². The van der Waals surface area contributed by atoms with Gasteiger partial charge in [0.1, 0.15) is 11.5 Å². The van der Waals surface area contributed by atoms with Gasteiger partial charge < -0.3 is 19.6 Å². The zero-order valence-corrected chi connectivity index (χ0v) is 18.5. The largest absolute Gasteiger partial charge is 0.507 e. The predicted octanol–water partition coefficient (Wildman–Crippen LogP) is 3.70. The van der Waals surface area contributed by atoms with Crippen molar-refractivity contribution in [2.75, 3.05) is 33.8 Å². The Morgan fingerprint density at radius 2 is 1.71 bits per heavy atom. The van der Waals surface area contributed by atoms with Crippen LogP contribution in [0.3, 0.4) is 0 Å². The number of rotatable bonds is 8. The Morgan fingerprint density at radius 3 is 2.29 bits per heavy atom. The summed E-state index contributed by atoms with van der Waals surface area (Å²) in [5.74, 6) is -0.331. The fraction of sp³-hybridized carbons (Fsp3) is 0.360. The molecule has 1 atom stereocenters. The normalized spacial score (nSPS) is 18.3. The Morgan fingerprint density at radius 1 is 1.06 bits per heavy atom. The molecule has 6 heteroatoms. The smallest absolute Gasteiger partial charge is 0.295 e. The van der Waals surface area contributed by atoms with Crippen molar-refractivity contribution in [1.29, 1.82) is 0 Å². The van der Waals surface area contributed by atoms with Crippen molar-refractivity contribution >= 4 is 17.4 Å². The predicted molar refractivity (Wildman–Crippen MR) is 121 cm³/mol. The number of nitrogens with zero attached hydrogens (tertiary/aromatic N) is 2. The molecule has 31 heavy (non-hydrogen) atoms. The van der Waals surface area contributed by atoms with E-state index in [0.717, 1.165) is 5.56 Å². The molecule has 0 aromatic heterocycles. The molecule has 0 radical (unpaired) electrons. The molecule has 0 bridgehead atoms. The number of ketones is 1. The minimum absolute atomic E-state index is 0.116. The highest BCUT2D eigenvalue weighted by Crippen LogP contribution is 2.39. The standard InChI is InChI=1S/C25H30N2O4/c1-17(2)16-31-20-12-10-19(11-13-20)23(28)21-22(18-8-6-5-7-9-18)27(15-14-26(3)4)25(30)24(21)29/h5-13,17,22,28H,14-16H2,1-4H3. The fourth-order valence-electron chi connectivity index (χ4n) is 3.53. The van der Waals surface area contributed by atoms with Crippen LogP contribution < -0.4 is 4.74 Å². The maximum atomic E-state index is 13.0. The molecule has 1 unspecified atom stereocenters. The second kappa shape index (κ2) is 9.79. The number of aliphatic hydroxyl groups is 1. The summed E-state index contributed by atoms with van der Waals surface area (Å²) in [5.41, 5.74) is 1.38. The third kappa shape index (κ3) is 5.14. The van der Waals surface area contributed by atoms with E-state index in [-0.39, 0.29) is 11.3 Å². The van der Waals surface area contributed by atoms with Crippen LogP contribution in [0.2, 0.25) is 0 Å². The summed E-state index contributed by atoms with van der Waals surface area (Å²) in [6.07, 6.45) is 0. The van der Waals surface area contributed by atoms with Crippen LogP contribution in [-0.4, -0.2) is 60.4 Å². The topological polar surface area (TPSA) is 70.1 Å².